The van der Waals surface area contributed by atoms with Crippen LogP contribution in [0.25, 0.3) is 0 Å². The molecule has 5 aromatic rings. The first kappa shape index (κ1) is 81.7. The van der Waals surface area contributed by atoms with Crippen LogP contribution in [0.5, 0.6) is 0 Å². The van der Waals surface area contributed by atoms with E-state index in [9.17, 15) is 43.2 Å². The number of ether oxygens (including phenoxy) is 8. The molecule has 26 nitrogen and oxygen atoms in total. The number of aromatic carboxylic acids is 1. The van der Waals surface area contributed by atoms with Crippen LogP contribution in [0.2, 0.25) is 0 Å². The van der Waals surface area contributed by atoms with E-state index in [-0.39, 0.29) is 100 Å². The van der Waals surface area contributed by atoms with Gasteiger partial charge in [0.1, 0.15) is 28.0 Å². The van der Waals surface area contributed by atoms with Crippen molar-refractivity contribution in [3.05, 3.63) is 160 Å². The van der Waals surface area contributed by atoms with E-state index in [0.717, 1.165) is 109 Å². The highest BCUT2D eigenvalue weighted by Crippen LogP contribution is 2.32. The Morgan fingerprint density at radius 3 is 1.24 bits per heavy atom. The van der Waals surface area contributed by atoms with Gasteiger partial charge in [-0.25, -0.2) is 24.0 Å². The molecule has 4 unspecified atom stereocenters. The number of methoxy groups -OCH3 is 7. The molecule has 0 saturated heterocycles. The molecule has 0 spiro atoms. The Labute approximate surface area is 572 Å². The minimum Gasteiger partial charge on any atom is -0.477 e. The smallest absolute Gasteiger partial charge is 0.412 e. The van der Waals surface area contributed by atoms with E-state index in [4.69, 9.17) is 45.0 Å². The Kier molecular flexibility index (Phi) is 35.0. The fourth-order valence-electron chi connectivity index (χ4n) is 12.5. The van der Waals surface area contributed by atoms with E-state index >= 15 is 0 Å². The number of hydrogen-bond donors (Lipinski definition) is 4. The van der Waals surface area contributed by atoms with Gasteiger partial charge in [-0.15, -0.1) is 12.4 Å². The van der Waals surface area contributed by atoms with Crippen molar-refractivity contribution >= 4 is 47.8 Å². The molecule has 10 rings (SSSR count). The van der Waals surface area contributed by atoms with E-state index in [1.165, 1.54) is 68.6 Å². The zero-order valence-corrected chi connectivity index (χ0v) is 58.5. The van der Waals surface area contributed by atoms with Gasteiger partial charge in [0.25, 0.3) is 22.2 Å². The van der Waals surface area contributed by atoms with Gasteiger partial charge in [0.15, 0.2) is 0 Å². The van der Waals surface area contributed by atoms with Gasteiger partial charge in [-0.1, -0.05) is 0 Å². The molecule has 27 heteroatoms. The van der Waals surface area contributed by atoms with Crippen molar-refractivity contribution in [2.24, 2.45) is 5.73 Å². The zero-order valence-electron chi connectivity index (χ0n) is 57.7. The molecule has 5 aromatic heterocycles. The number of carboxylic acids is 1. The Morgan fingerprint density at radius 1 is 0.485 bits per heavy atom. The van der Waals surface area contributed by atoms with Crippen molar-refractivity contribution in [3.8, 4) is 0 Å². The molecule has 1 amide bonds. The van der Waals surface area contributed by atoms with Crippen LogP contribution in [0.1, 0.15) is 204 Å². The Hall–Kier alpha value is -7.72. The van der Waals surface area contributed by atoms with Crippen LogP contribution in [0.15, 0.2) is 120 Å². The summed E-state index contributed by atoms with van der Waals surface area (Å²) in [7, 11) is 11.0. The highest BCUT2D eigenvalue weighted by molar-refractivity contribution is 5.89. The fraction of sp³-hybridized carbons (Fsp3) is 0.586. The van der Waals surface area contributed by atoms with Crippen molar-refractivity contribution in [2.45, 2.75) is 216 Å². The molecule has 5 heterocycles. The summed E-state index contributed by atoms with van der Waals surface area (Å²) in [4.78, 5) is 105. The number of pyridine rings is 4. The molecule has 5 aliphatic carbocycles. The number of aromatic nitrogens is 4. The zero-order chi connectivity index (χ0) is 70.5. The maximum Gasteiger partial charge on any atom is 0.412 e. The van der Waals surface area contributed by atoms with E-state index < -0.39 is 40.8 Å². The highest BCUT2D eigenvalue weighted by Gasteiger charge is 2.29. The molecule has 0 aliphatic heterocycles. The first-order chi connectivity index (χ1) is 45.9. The minimum absolute atomic E-state index is 0. The molecule has 10 atom stereocenters. The van der Waals surface area contributed by atoms with E-state index in [0.29, 0.717) is 17.8 Å². The predicted molar refractivity (Wildman–Crippen MR) is 369 cm³/mol. The Balaban J connectivity index is 0.000000252. The number of carbonyl (C=O) groups is 4. The van der Waals surface area contributed by atoms with Crippen molar-refractivity contribution in [1.82, 2.24) is 18.3 Å². The monoisotopic (exact) mass is 1380 g/mol. The third-order valence-corrected chi connectivity index (χ3v) is 17.6. The van der Waals surface area contributed by atoms with Crippen molar-refractivity contribution in [3.63, 3.8) is 0 Å². The third kappa shape index (κ3) is 25.6. The Bertz CT molecular complexity index is 3560. The van der Waals surface area contributed by atoms with Gasteiger partial charge in [-0.2, -0.15) is 0 Å². The minimum atomic E-state index is -1.17. The number of nitrogens with one attached hydrogen (secondary N) is 1. The summed E-state index contributed by atoms with van der Waals surface area (Å²) < 4.78 is 51.9. The summed E-state index contributed by atoms with van der Waals surface area (Å²) in [5.41, 5.74) is 9.46. The van der Waals surface area contributed by atoms with Gasteiger partial charge in [-0.3, -0.25) is 24.5 Å². The normalized spacial score (nSPS) is 22.8. The second kappa shape index (κ2) is 41.5. The quantitative estimate of drug-likeness (QED) is 0.0629. The van der Waals surface area contributed by atoms with E-state index in [1.54, 1.807) is 119 Å². The summed E-state index contributed by atoms with van der Waals surface area (Å²) in [5.74, 6) is -2.44. The number of rotatable bonds is 13. The maximum atomic E-state index is 12.6. The number of carbonyl (C=O) groups excluding carboxylic acids is 3. The molecule has 0 radical (unpaired) electrons. The largest absolute Gasteiger partial charge is 0.477 e. The standard InChI is InChI=1S/C17H26N2O4.C14H19NO4.C13H17NO4.C12H18N2O2.C7H15NO.C7H6O4.ClH/c1-17(2,3)23-16(21)18-14-9-6-10-19(15(14)20)12-7-5-8-13(11-12)22-4;1-18-11-6-3-5-10(9-11)15-8-4-7-12(13(15)16)14(17)19-2;1-18-10-5-2-4-9(8-10)14-7-3-6-11(12(14)15)13(16)17;1-16-10-5-2-4-9(8-10)14-7-3-6-11(13)12(14)15;1-9-7-4-2-3-6(8)5-7;1-10-6(8)5-3-2-4-11-7(5)9;/h6,9-10,12-13H,5,7-8,11H2,1-4H3,(H,18,21);4,7-8,10-11H,3,5-6,9H2,1-2H3;3,6-7,9-10H,2,4-5,8H2,1H3,(H,16,17);3,6-7,9-10H,2,4-5,8,13H2,1H3;6-7H,2-5,8H2,1H3;2-4H,1H3;1H/t12?,13-;10?,11-;2*9?,10-;6-,7+;;/m11110../s1. The number of esters is 2. The molecular formula is C70H102ClN7O19. The predicted octanol–water partition coefficient (Wildman–Crippen LogP) is 10.1. The summed E-state index contributed by atoms with van der Waals surface area (Å²) in [6, 6.07) is 16.7. The van der Waals surface area contributed by atoms with Crippen molar-refractivity contribution in [2.75, 3.05) is 60.8 Å². The summed E-state index contributed by atoms with van der Waals surface area (Å²) in [6.45, 7) is 5.34. The van der Waals surface area contributed by atoms with Crippen LogP contribution in [0.3, 0.4) is 0 Å². The van der Waals surface area contributed by atoms with Gasteiger partial charge < -0.3 is 77.2 Å². The number of halogens is 1. The molecule has 97 heavy (non-hydrogen) atoms. The second-order valence-corrected chi connectivity index (χ2v) is 25.3. The summed E-state index contributed by atoms with van der Waals surface area (Å²) in [5, 5.41) is 11.5. The lowest BCUT2D eigenvalue weighted by Gasteiger charge is -2.29. The van der Waals surface area contributed by atoms with E-state index in [2.05, 4.69) is 19.2 Å². The molecule has 0 bridgehead atoms. The molecule has 0 aromatic carbocycles. The van der Waals surface area contributed by atoms with E-state index in [1.807, 2.05) is 12.3 Å². The van der Waals surface area contributed by atoms with Crippen molar-refractivity contribution < 1.29 is 66.6 Å². The molecule has 5 aliphatic rings. The number of nitrogens with zero attached hydrogens (tertiary/aromatic N) is 4. The number of carboxylic acid groups (broad SMARTS) is 1. The Morgan fingerprint density at radius 2 is 0.845 bits per heavy atom. The lowest BCUT2D eigenvalue weighted by atomic mass is 9.92. The average molecular weight is 1380 g/mol. The number of hydrogen-bond acceptors (Lipinski definition) is 20. The molecule has 6 N–H and O–H groups in total. The molecule has 5 saturated carbocycles. The first-order valence-electron chi connectivity index (χ1n) is 32.9. The number of nitrogen functional groups attached to an aromatic ring is 1. The van der Waals surface area contributed by atoms with Gasteiger partial charge in [0, 0.05) is 90.5 Å². The summed E-state index contributed by atoms with van der Waals surface area (Å²) >= 11 is 0. The van der Waals surface area contributed by atoms with Gasteiger partial charge >= 0.3 is 29.6 Å². The molecule has 538 valence electrons. The average Bonchev–Trinajstić information content (AvgIpc) is 0.877. The fourth-order valence-corrected chi connectivity index (χ4v) is 12.5. The van der Waals surface area contributed by atoms with Crippen LogP contribution in [-0.4, -0.2) is 139 Å². The van der Waals surface area contributed by atoms with Gasteiger partial charge in [0.2, 0.25) is 0 Å². The van der Waals surface area contributed by atoms with Crippen LogP contribution in [0, 0.1) is 0 Å². The van der Waals surface area contributed by atoms with Gasteiger partial charge in [0.05, 0.1) is 56.7 Å². The molecular weight excluding hydrogens is 1280 g/mol. The SMILES string of the molecule is COC(=O)c1cccn(C2CCC[C@@H](OC)C2)c1=O.COC(=O)c1cccoc1=O.CO[C@@H]1CCCC(n2cccc(C(=O)O)c2=O)C1.CO[C@@H]1CCCC(n2cccc(N)c2=O)C1.CO[C@@H]1CCCC(n2cccc(NC(=O)OC(C)(C)C)c2=O)C1.CO[C@@H]1CCC[C@H](N)C1.Cl. The lowest BCUT2D eigenvalue weighted by molar-refractivity contribution is 0.0517. The number of amides is 1. The van der Waals surface area contributed by atoms with Crippen LogP contribution >= 0.6 is 12.4 Å². The maximum absolute atomic E-state index is 12.6. The van der Waals surface area contributed by atoms with Crippen LogP contribution in [-0.2, 0) is 37.9 Å². The topological polar surface area (TPSA) is 345 Å². The van der Waals surface area contributed by atoms with Crippen molar-refractivity contribution in [1.29, 1.82) is 0 Å². The molecule has 5 fully saturated rings. The summed E-state index contributed by atoms with van der Waals surface area (Å²) in [6.07, 6.45) is 28.8. The third-order valence-electron chi connectivity index (χ3n) is 17.6. The van der Waals surface area contributed by atoms with Crippen LogP contribution < -0.4 is 44.6 Å². The second-order valence-electron chi connectivity index (χ2n) is 25.3. The lowest BCUT2D eigenvalue weighted by Crippen LogP contribution is -2.34. The number of anilines is 2. The van der Waals surface area contributed by atoms with Gasteiger partial charge in [-0.05, 0) is 210 Å². The number of nitrogens with two attached hydrogens (primary N) is 2. The first-order valence-corrected chi connectivity index (χ1v) is 32.9. The highest BCUT2D eigenvalue weighted by atomic mass is 35.5. The van der Waals surface area contributed by atoms with Crippen LogP contribution in [0.4, 0.5) is 16.2 Å².